The zero-order chi connectivity index (χ0) is 18.1. The Hall–Kier alpha value is -1.33. The Bertz CT molecular complexity index is 557. The highest BCUT2D eigenvalue weighted by Gasteiger charge is 2.28. The molecule has 0 atom stereocenters. The number of amides is 1. The number of rotatable bonds is 7. The van der Waals surface area contributed by atoms with Gasteiger partial charge in [0, 0.05) is 45.3 Å². The number of hydrogen-bond donors (Lipinski definition) is 3. The van der Waals surface area contributed by atoms with Crippen LogP contribution in [-0.4, -0.2) is 75.3 Å². The van der Waals surface area contributed by atoms with Crippen LogP contribution in [0, 0.1) is 0 Å². The van der Waals surface area contributed by atoms with Crippen molar-refractivity contribution in [2.45, 2.75) is 19.4 Å². The Morgan fingerprint density at radius 3 is 2.54 bits per heavy atom. The first-order valence-electron chi connectivity index (χ1n) is 8.62. The van der Waals surface area contributed by atoms with E-state index >= 15 is 0 Å². The van der Waals surface area contributed by atoms with Crippen LogP contribution >= 0.6 is 24.0 Å². The predicted molar refractivity (Wildman–Crippen MR) is 112 cm³/mol. The minimum absolute atomic E-state index is 0. The summed E-state index contributed by atoms with van der Waals surface area (Å²) in [6.45, 7) is 9.70. The third-order valence-electron chi connectivity index (χ3n) is 4.23. The van der Waals surface area contributed by atoms with Crippen molar-refractivity contribution in [2.24, 2.45) is 4.99 Å². The summed E-state index contributed by atoms with van der Waals surface area (Å²) in [7, 11) is 1.73. The van der Waals surface area contributed by atoms with Crippen LogP contribution in [0.1, 0.15) is 24.4 Å². The number of nitrogens with zero attached hydrogens (tertiary/aromatic N) is 2. The summed E-state index contributed by atoms with van der Waals surface area (Å²) in [5.74, 6) is 0.812. The van der Waals surface area contributed by atoms with E-state index in [1.165, 1.54) is 6.26 Å². The van der Waals surface area contributed by atoms with Gasteiger partial charge in [-0.2, -0.15) is 0 Å². The molecule has 1 aromatic rings. The fraction of sp³-hybridized carbons (Fsp3) is 0.647. The molecule has 148 valence electrons. The van der Waals surface area contributed by atoms with Gasteiger partial charge in [0.1, 0.15) is 0 Å². The molecule has 26 heavy (non-hydrogen) atoms. The van der Waals surface area contributed by atoms with Gasteiger partial charge in [-0.3, -0.25) is 14.7 Å². The number of guanidine groups is 1. The largest absolute Gasteiger partial charge is 0.459 e. The Morgan fingerprint density at radius 1 is 1.23 bits per heavy atom. The molecule has 1 amide bonds. The number of carbonyl (C=O) groups excluding carboxylic acids is 1. The Balaban J connectivity index is 0.00000338. The fourth-order valence-electron chi connectivity index (χ4n) is 2.65. The number of hydrogen-bond acceptors (Lipinski definition) is 5. The van der Waals surface area contributed by atoms with Gasteiger partial charge >= 0.3 is 0 Å². The van der Waals surface area contributed by atoms with Crippen molar-refractivity contribution >= 4 is 35.8 Å². The molecule has 3 N–H and O–H groups in total. The molecule has 1 aromatic heterocycles. The van der Waals surface area contributed by atoms with Crippen molar-refractivity contribution in [3.63, 3.8) is 0 Å². The molecule has 1 saturated heterocycles. The number of carbonyl (C=O) groups is 1. The van der Waals surface area contributed by atoms with Crippen LogP contribution in [-0.2, 0) is 4.74 Å². The van der Waals surface area contributed by atoms with Crippen LogP contribution in [0.3, 0.4) is 0 Å². The molecule has 0 bridgehead atoms. The third kappa shape index (κ3) is 7.12. The number of aliphatic imine (C=N–C) groups is 1. The molecule has 0 aliphatic carbocycles. The van der Waals surface area contributed by atoms with E-state index in [-0.39, 0.29) is 35.4 Å². The lowest BCUT2D eigenvalue weighted by Crippen LogP contribution is -2.56. The first-order valence-corrected chi connectivity index (χ1v) is 8.62. The van der Waals surface area contributed by atoms with Crippen LogP contribution in [0.15, 0.2) is 27.8 Å². The molecular formula is C17H30IN5O3. The maximum Gasteiger partial charge on any atom is 0.287 e. The van der Waals surface area contributed by atoms with E-state index in [9.17, 15) is 4.79 Å². The van der Waals surface area contributed by atoms with E-state index in [0.29, 0.717) is 24.8 Å². The highest BCUT2D eigenvalue weighted by Crippen LogP contribution is 2.14. The molecule has 0 aromatic carbocycles. The summed E-state index contributed by atoms with van der Waals surface area (Å²) in [5, 5.41) is 9.33. The molecule has 1 aliphatic heterocycles. The first-order chi connectivity index (χ1) is 12.0. The van der Waals surface area contributed by atoms with Crippen molar-refractivity contribution in [3.8, 4) is 0 Å². The highest BCUT2D eigenvalue weighted by molar-refractivity contribution is 14.0. The van der Waals surface area contributed by atoms with Crippen molar-refractivity contribution in [2.75, 3.05) is 53.0 Å². The maximum absolute atomic E-state index is 11.8. The molecule has 0 radical (unpaired) electrons. The maximum atomic E-state index is 11.8. The Morgan fingerprint density at radius 2 is 1.92 bits per heavy atom. The lowest BCUT2D eigenvalue weighted by Gasteiger charge is -2.41. The summed E-state index contributed by atoms with van der Waals surface area (Å²) < 4.78 is 10.5. The second-order valence-electron chi connectivity index (χ2n) is 6.50. The minimum Gasteiger partial charge on any atom is -0.459 e. The third-order valence-corrected chi connectivity index (χ3v) is 4.23. The number of morpholine rings is 1. The lowest BCUT2D eigenvalue weighted by molar-refractivity contribution is -0.00833. The Labute approximate surface area is 172 Å². The molecule has 2 rings (SSSR count). The van der Waals surface area contributed by atoms with E-state index < -0.39 is 0 Å². The minimum atomic E-state index is -0.219. The average molecular weight is 479 g/mol. The van der Waals surface area contributed by atoms with E-state index in [2.05, 4.69) is 39.7 Å². The second-order valence-corrected chi connectivity index (χ2v) is 6.50. The molecule has 1 fully saturated rings. The normalized spacial score (nSPS) is 15.9. The average Bonchev–Trinajstić information content (AvgIpc) is 3.16. The van der Waals surface area contributed by atoms with Gasteiger partial charge in [-0.1, -0.05) is 0 Å². The van der Waals surface area contributed by atoms with Gasteiger partial charge < -0.3 is 25.1 Å². The van der Waals surface area contributed by atoms with Crippen LogP contribution in [0.2, 0.25) is 0 Å². The van der Waals surface area contributed by atoms with E-state index in [1.807, 2.05) is 0 Å². The summed E-state index contributed by atoms with van der Waals surface area (Å²) in [4.78, 5) is 18.4. The van der Waals surface area contributed by atoms with Crippen molar-refractivity contribution < 1.29 is 13.9 Å². The topological polar surface area (TPSA) is 91.1 Å². The summed E-state index contributed by atoms with van der Waals surface area (Å²) in [6.07, 6.45) is 1.48. The number of nitrogens with one attached hydrogen (secondary N) is 3. The van der Waals surface area contributed by atoms with E-state index in [4.69, 9.17) is 9.15 Å². The molecule has 0 spiro atoms. The standard InChI is InChI=1S/C17H29N5O3.HI/c1-17(2,22-8-11-24-12-9-22)13-21-16(18-3)20-7-6-19-15(23)14-5-4-10-25-14;/h4-5,10H,6-9,11-13H2,1-3H3,(H,19,23)(H2,18,20,21);1H. The zero-order valence-electron chi connectivity index (χ0n) is 15.7. The van der Waals surface area contributed by atoms with Crippen molar-refractivity contribution in [3.05, 3.63) is 24.2 Å². The molecule has 0 unspecified atom stereocenters. The lowest BCUT2D eigenvalue weighted by atomic mass is 10.0. The number of ether oxygens (including phenoxy) is 1. The highest BCUT2D eigenvalue weighted by atomic mass is 127. The van der Waals surface area contributed by atoms with Gasteiger partial charge in [0.15, 0.2) is 11.7 Å². The van der Waals surface area contributed by atoms with E-state index in [1.54, 1.807) is 19.2 Å². The number of furan rings is 1. The molecule has 9 heteroatoms. The Kier molecular flexibility index (Phi) is 9.96. The second kappa shape index (κ2) is 11.4. The summed E-state index contributed by atoms with van der Waals surface area (Å²) >= 11 is 0. The van der Waals surface area contributed by atoms with Crippen molar-refractivity contribution in [1.29, 1.82) is 0 Å². The summed E-state index contributed by atoms with van der Waals surface area (Å²) in [6, 6.07) is 3.33. The van der Waals surface area contributed by atoms with Crippen LogP contribution in [0.4, 0.5) is 0 Å². The monoisotopic (exact) mass is 479 g/mol. The van der Waals surface area contributed by atoms with E-state index in [0.717, 1.165) is 32.8 Å². The smallest absolute Gasteiger partial charge is 0.287 e. The molecule has 1 aliphatic rings. The SMILES string of the molecule is CN=C(NCCNC(=O)c1ccco1)NCC(C)(C)N1CCOCC1.I. The van der Waals surface area contributed by atoms with Crippen LogP contribution < -0.4 is 16.0 Å². The van der Waals surface area contributed by atoms with Crippen LogP contribution in [0.25, 0.3) is 0 Å². The predicted octanol–water partition coefficient (Wildman–Crippen LogP) is 0.903. The van der Waals surface area contributed by atoms with Gasteiger partial charge in [0.05, 0.1) is 19.5 Å². The molecule has 2 heterocycles. The zero-order valence-corrected chi connectivity index (χ0v) is 18.0. The fourth-order valence-corrected chi connectivity index (χ4v) is 2.65. The van der Waals surface area contributed by atoms with Crippen LogP contribution in [0.5, 0.6) is 0 Å². The molecule has 0 saturated carbocycles. The van der Waals surface area contributed by atoms with Gasteiger partial charge in [0.2, 0.25) is 0 Å². The number of halogens is 1. The van der Waals surface area contributed by atoms with Gasteiger partial charge in [-0.05, 0) is 26.0 Å². The van der Waals surface area contributed by atoms with Crippen molar-refractivity contribution in [1.82, 2.24) is 20.9 Å². The van der Waals surface area contributed by atoms with Gasteiger partial charge in [0.25, 0.3) is 5.91 Å². The van der Waals surface area contributed by atoms with Gasteiger partial charge in [-0.15, -0.1) is 24.0 Å². The summed E-state index contributed by atoms with van der Waals surface area (Å²) in [5.41, 5.74) is 0.00883. The first kappa shape index (κ1) is 22.7. The molecule has 8 nitrogen and oxygen atoms in total. The quantitative estimate of drug-likeness (QED) is 0.233. The molecular weight excluding hydrogens is 449 g/mol. The van der Waals surface area contributed by atoms with Gasteiger partial charge in [-0.25, -0.2) is 0 Å².